The van der Waals surface area contributed by atoms with Gasteiger partial charge in [-0.25, -0.2) is 0 Å². The number of halogens is 3. The Balaban J connectivity index is 2.41. The number of aliphatic imine (C=N–C) groups is 1. The van der Waals surface area contributed by atoms with E-state index in [0.717, 1.165) is 6.42 Å². The van der Waals surface area contributed by atoms with Gasteiger partial charge < -0.3 is 15.4 Å². The highest BCUT2D eigenvalue weighted by Gasteiger charge is 2.26. The van der Waals surface area contributed by atoms with Crippen LogP contribution in [0.3, 0.4) is 0 Å². The van der Waals surface area contributed by atoms with E-state index < -0.39 is 12.6 Å². The number of hydrogen-bond acceptors (Lipinski definition) is 2. The molecule has 2 N–H and O–H groups in total. The number of nitrogens with zero attached hydrogens (tertiary/aromatic N) is 1. The maximum Gasteiger partial charge on any atom is 0.390 e. The van der Waals surface area contributed by atoms with Gasteiger partial charge in [0.15, 0.2) is 5.96 Å². The Morgan fingerprint density at radius 1 is 1.22 bits per heavy atom. The van der Waals surface area contributed by atoms with Crippen LogP contribution >= 0.6 is 0 Å². The van der Waals surface area contributed by atoms with E-state index in [4.69, 9.17) is 4.74 Å². The van der Waals surface area contributed by atoms with E-state index in [-0.39, 0.29) is 12.6 Å². The summed E-state index contributed by atoms with van der Waals surface area (Å²) in [6.45, 7) is 5.59. The average molecular weight is 337 g/mol. The minimum atomic E-state index is -4.15. The highest BCUT2D eigenvalue weighted by molar-refractivity contribution is 5.79. The van der Waals surface area contributed by atoms with Crippen molar-refractivity contribution in [3.63, 3.8) is 0 Å². The molecule has 1 saturated carbocycles. The fraction of sp³-hybridized carbons (Fsp3) is 0.938. The number of ether oxygens (including phenoxy) is 1. The van der Waals surface area contributed by atoms with Crippen molar-refractivity contribution in [2.75, 3.05) is 26.2 Å². The molecule has 1 atom stereocenters. The monoisotopic (exact) mass is 337 g/mol. The van der Waals surface area contributed by atoms with Crippen LogP contribution in [0.1, 0.15) is 52.4 Å². The van der Waals surface area contributed by atoms with Crippen LogP contribution in [-0.4, -0.2) is 44.5 Å². The number of hydrogen-bond donors (Lipinski definition) is 2. The van der Waals surface area contributed by atoms with E-state index in [9.17, 15) is 13.2 Å². The molecule has 1 fully saturated rings. The lowest BCUT2D eigenvalue weighted by Gasteiger charge is -2.22. The SMILES string of the molecule is CCNC(=NCCC(OCC)C1CCCC1)NCCC(F)(F)F. The quantitative estimate of drug-likeness (QED) is 0.500. The molecule has 1 unspecified atom stereocenters. The Morgan fingerprint density at radius 2 is 1.91 bits per heavy atom. The molecule has 0 aromatic carbocycles. The van der Waals surface area contributed by atoms with Gasteiger partial charge in [0.2, 0.25) is 0 Å². The third-order valence-corrected chi connectivity index (χ3v) is 4.04. The Hall–Kier alpha value is -0.980. The van der Waals surface area contributed by atoms with Gasteiger partial charge in [-0.15, -0.1) is 0 Å². The standard InChI is InChI=1S/C16H30F3N3O/c1-3-20-15(22-12-10-16(17,18)19)21-11-9-14(23-4-2)13-7-5-6-8-13/h13-14H,3-12H2,1-2H3,(H2,20,21,22). The van der Waals surface area contributed by atoms with Crippen LogP contribution in [0.2, 0.25) is 0 Å². The summed E-state index contributed by atoms with van der Waals surface area (Å²) >= 11 is 0. The van der Waals surface area contributed by atoms with Crippen LogP contribution in [-0.2, 0) is 4.74 Å². The molecular weight excluding hydrogens is 307 g/mol. The van der Waals surface area contributed by atoms with Gasteiger partial charge in [-0.05, 0) is 39.0 Å². The molecular formula is C16H30F3N3O. The second kappa shape index (κ2) is 10.7. The average Bonchev–Trinajstić information content (AvgIpc) is 2.99. The van der Waals surface area contributed by atoms with E-state index >= 15 is 0 Å². The van der Waals surface area contributed by atoms with E-state index in [0.29, 0.717) is 31.6 Å². The minimum Gasteiger partial charge on any atom is -0.378 e. The smallest absolute Gasteiger partial charge is 0.378 e. The number of alkyl halides is 3. The molecule has 1 rings (SSSR count). The van der Waals surface area contributed by atoms with Crippen molar-refractivity contribution in [2.45, 2.75) is 64.7 Å². The molecule has 4 nitrogen and oxygen atoms in total. The summed E-state index contributed by atoms with van der Waals surface area (Å²) in [7, 11) is 0. The van der Waals surface area contributed by atoms with E-state index in [1.54, 1.807) is 0 Å². The lowest BCUT2D eigenvalue weighted by molar-refractivity contribution is -0.132. The van der Waals surface area contributed by atoms with Crippen molar-refractivity contribution in [3.8, 4) is 0 Å². The molecule has 0 heterocycles. The zero-order valence-corrected chi connectivity index (χ0v) is 14.2. The molecule has 0 aromatic heterocycles. The first-order chi connectivity index (χ1) is 11.0. The second-order valence-electron chi connectivity index (χ2n) is 5.88. The van der Waals surface area contributed by atoms with Gasteiger partial charge in [0.1, 0.15) is 0 Å². The lowest BCUT2D eigenvalue weighted by atomic mass is 9.98. The predicted molar refractivity (Wildman–Crippen MR) is 86.6 cm³/mol. The molecule has 7 heteroatoms. The van der Waals surface area contributed by atoms with E-state index in [1.165, 1.54) is 25.7 Å². The first-order valence-corrected chi connectivity index (χ1v) is 8.66. The van der Waals surface area contributed by atoms with Crippen molar-refractivity contribution >= 4 is 5.96 Å². The van der Waals surface area contributed by atoms with Crippen molar-refractivity contribution in [1.82, 2.24) is 10.6 Å². The fourth-order valence-electron chi connectivity index (χ4n) is 2.97. The largest absolute Gasteiger partial charge is 0.390 e. The highest BCUT2D eigenvalue weighted by atomic mass is 19.4. The normalized spacial score (nSPS) is 18.2. The van der Waals surface area contributed by atoms with Crippen LogP contribution in [0.4, 0.5) is 13.2 Å². The molecule has 23 heavy (non-hydrogen) atoms. The molecule has 0 saturated heterocycles. The van der Waals surface area contributed by atoms with E-state index in [2.05, 4.69) is 15.6 Å². The molecule has 0 spiro atoms. The summed E-state index contributed by atoms with van der Waals surface area (Å²) in [5.74, 6) is 1.05. The molecule has 0 bridgehead atoms. The number of guanidine groups is 1. The fourth-order valence-corrected chi connectivity index (χ4v) is 2.97. The van der Waals surface area contributed by atoms with Crippen molar-refractivity contribution in [3.05, 3.63) is 0 Å². The zero-order chi connectivity index (χ0) is 17.1. The van der Waals surface area contributed by atoms with Crippen LogP contribution in [0, 0.1) is 5.92 Å². The molecule has 0 aromatic rings. The molecule has 1 aliphatic carbocycles. The van der Waals surface area contributed by atoms with Gasteiger partial charge >= 0.3 is 6.18 Å². The number of nitrogens with one attached hydrogen (secondary N) is 2. The van der Waals surface area contributed by atoms with Crippen molar-refractivity contribution < 1.29 is 17.9 Å². The van der Waals surface area contributed by atoms with Gasteiger partial charge in [0.25, 0.3) is 0 Å². The predicted octanol–water partition coefficient (Wildman–Crippen LogP) is 3.48. The lowest BCUT2D eigenvalue weighted by Crippen LogP contribution is -2.39. The Labute approximate surface area is 137 Å². The van der Waals surface area contributed by atoms with Gasteiger partial charge in [-0.3, -0.25) is 4.99 Å². The van der Waals surface area contributed by atoms with Crippen LogP contribution < -0.4 is 10.6 Å². The molecule has 0 amide bonds. The maximum atomic E-state index is 12.2. The summed E-state index contributed by atoms with van der Waals surface area (Å²) in [6.07, 6.45) is 0.959. The van der Waals surface area contributed by atoms with Crippen LogP contribution in [0.25, 0.3) is 0 Å². The third kappa shape index (κ3) is 9.03. The summed E-state index contributed by atoms with van der Waals surface area (Å²) in [6, 6.07) is 0. The summed E-state index contributed by atoms with van der Waals surface area (Å²) in [4.78, 5) is 4.37. The van der Waals surface area contributed by atoms with Gasteiger partial charge in [0, 0.05) is 26.2 Å². The topological polar surface area (TPSA) is 45.7 Å². The van der Waals surface area contributed by atoms with Crippen molar-refractivity contribution in [1.29, 1.82) is 0 Å². The maximum absolute atomic E-state index is 12.2. The first-order valence-electron chi connectivity index (χ1n) is 8.66. The first kappa shape index (κ1) is 20.1. The Kier molecular flexibility index (Phi) is 9.36. The minimum absolute atomic E-state index is 0.160. The zero-order valence-electron chi connectivity index (χ0n) is 14.2. The van der Waals surface area contributed by atoms with Crippen LogP contribution in [0.15, 0.2) is 4.99 Å². The van der Waals surface area contributed by atoms with Gasteiger partial charge in [-0.1, -0.05) is 12.8 Å². The van der Waals surface area contributed by atoms with Gasteiger partial charge in [-0.2, -0.15) is 13.2 Å². The molecule has 136 valence electrons. The summed E-state index contributed by atoms with van der Waals surface area (Å²) in [5.41, 5.74) is 0. The molecule has 1 aliphatic rings. The van der Waals surface area contributed by atoms with Crippen LogP contribution in [0.5, 0.6) is 0 Å². The molecule has 0 aliphatic heterocycles. The second-order valence-corrected chi connectivity index (χ2v) is 5.88. The summed E-state index contributed by atoms with van der Waals surface area (Å²) in [5, 5.41) is 5.71. The summed E-state index contributed by atoms with van der Waals surface area (Å²) < 4.78 is 42.4. The molecule has 0 radical (unpaired) electrons. The third-order valence-electron chi connectivity index (χ3n) is 4.04. The highest BCUT2D eigenvalue weighted by Crippen LogP contribution is 2.30. The number of rotatable bonds is 9. The Morgan fingerprint density at radius 3 is 2.48 bits per heavy atom. The Bertz CT molecular complexity index is 342. The van der Waals surface area contributed by atoms with Crippen molar-refractivity contribution in [2.24, 2.45) is 10.9 Å². The van der Waals surface area contributed by atoms with Gasteiger partial charge in [0.05, 0.1) is 12.5 Å². The van der Waals surface area contributed by atoms with E-state index in [1.807, 2.05) is 13.8 Å².